The van der Waals surface area contributed by atoms with Gasteiger partial charge in [0.15, 0.2) is 0 Å². The molecule has 1 saturated heterocycles. The third kappa shape index (κ3) is 4.36. The lowest BCUT2D eigenvalue weighted by atomic mass is 10.00. The molecule has 1 fully saturated rings. The van der Waals surface area contributed by atoms with Gasteiger partial charge in [0, 0.05) is 38.6 Å². The van der Waals surface area contributed by atoms with E-state index in [2.05, 4.69) is 5.32 Å². The molecule has 1 aliphatic heterocycles. The molecule has 0 aliphatic carbocycles. The predicted molar refractivity (Wildman–Crippen MR) is 76.2 cm³/mol. The Morgan fingerprint density at radius 1 is 1.25 bits per heavy atom. The van der Waals surface area contributed by atoms with Gasteiger partial charge in [0.2, 0.25) is 6.43 Å². The van der Waals surface area contributed by atoms with Crippen molar-refractivity contribution in [1.29, 1.82) is 0 Å². The van der Waals surface area contributed by atoms with E-state index < -0.39 is 12.5 Å². The van der Waals surface area contributed by atoms with Crippen LogP contribution >= 0.6 is 12.4 Å². The second-order valence-corrected chi connectivity index (χ2v) is 4.94. The van der Waals surface area contributed by atoms with Crippen LogP contribution in [0.25, 0.3) is 0 Å². The number of halogens is 4. The van der Waals surface area contributed by atoms with Crippen molar-refractivity contribution in [2.45, 2.75) is 25.8 Å². The van der Waals surface area contributed by atoms with Gasteiger partial charge in [-0.15, -0.1) is 12.4 Å². The van der Waals surface area contributed by atoms with Crippen molar-refractivity contribution in [2.24, 2.45) is 0 Å². The van der Waals surface area contributed by atoms with E-state index in [9.17, 15) is 13.2 Å². The van der Waals surface area contributed by atoms with Gasteiger partial charge < -0.3 is 5.32 Å². The SMILES string of the molecule is Cc1ccc([C@@H](CC(F)F)N2CCNCC2)cc1F.Cl. The van der Waals surface area contributed by atoms with E-state index in [4.69, 9.17) is 0 Å². The van der Waals surface area contributed by atoms with Gasteiger partial charge in [0.1, 0.15) is 5.82 Å². The van der Waals surface area contributed by atoms with Gasteiger partial charge in [0.25, 0.3) is 0 Å². The van der Waals surface area contributed by atoms with Gasteiger partial charge >= 0.3 is 0 Å². The van der Waals surface area contributed by atoms with Crippen LogP contribution in [-0.4, -0.2) is 37.5 Å². The van der Waals surface area contributed by atoms with Crippen LogP contribution < -0.4 is 5.32 Å². The molecule has 0 spiro atoms. The molecule has 1 aromatic rings. The molecule has 1 aromatic carbocycles. The molecule has 20 heavy (non-hydrogen) atoms. The molecule has 6 heteroatoms. The highest BCUT2D eigenvalue weighted by Crippen LogP contribution is 2.28. The molecular formula is C14H20ClF3N2. The molecule has 2 nitrogen and oxygen atoms in total. The van der Waals surface area contributed by atoms with E-state index >= 15 is 0 Å². The number of aryl methyl sites for hydroxylation is 1. The van der Waals surface area contributed by atoms with Gasteiger partial charge in [-0.3, -0.25) is 4.90 Å². The number of benzene rings is 1. The fraction of sp³-hybridized carbons (Fsp3) is 0.571. The smallest absolute Gasteiger partial charge is 0.240 e. The summed E-state index contributed by atoms with van der Waals surface area (Å²) in [5.41, 5.74) is 1.19. The first-order valence-corrected chi connectivity index (χ1v) is 6.57. The summed E-state index contributed by atoms with van der Waals surface area (Å²) in [6.07, 6.45) is -2.63. The predicted octanol–water partition coefficient (Wildman–Crippen LogP) is 3.16. The first-order valence-electron chi connectivity index (χ1n) is 6.57. The lowest BCUT2D eigenvalue weighted by molar-refractivity contribution is 0.0738. The highest BCUT2D eigenvalue weighted by Gasteiger charge is 2.25. The van der Waals surface area contributed by atoms with Gasteiger partial charge in [-0.2, -0.15) is 0 Å². The Kier molecular flexibility index (Phi) is 6.79. The maximum Gasteiger partial charge on any atom is 0.240 e. The van der Waals surface area contributed by atoms with Crippen LogP contribution in [0.1, 0.15) is 23.6 Å². The standard InChI is InChI=1S/C14H19F3N2.ClH/c1-10-2-3-11(8-12(10)15)13(9-14(16)17)19-6-4-18-5-7-19;/h2-3,8,13-14,18H,4-7,9H2,1H3;1H/t13-;/m1./s1. The van der Waals surface area contributed by atoms with Gasteiger partial charge in [-0.1, -0.05) is 12.1 Å². The largest absolute Gasteiger partial charge is 0.314 e. The molecule has 1 N–H and O–H groups in total. The summed E-state index contributed by atoms with van der Waals surface area (Å²) in [4.78, 5) is 2.01. The third-order valence-corrected chi connectivity index (χ3v) is 3.57. The van der Waals surface area contributed by atoms with Gasteiger partial charge in [0.05, 0.1) is 0 Å². The van der Waals surface area contributed by atoms with Crippen molar-refractivity contribution in [3.63, 3.8) is 0 Å². The first-order chi connectivity index (χ1) is 9.08. The number of alkyl halides is 2. The maximum atomic E-state index is 13.6. The molecule has 0 unspecified atom stereocenters. The van der Waals surface area contributed by atoms with Crippen LogP contribution in [0.5, 0.6) is 0 Å². The molecule has 114 valence electrons. The van der Waals surface area contributed by atoms with Gasteiger partial charge in [-0.05, 0) is 24.1 Å². The maximum absolute atomic E-state index is 13.6. The van der Waals surface area contributed by atoms with Crippen molar-refractivity contribution in [1.82, 2.24) is 10.2 Å². The number of nitrogens with zero attached hydrogens (tertiary/aromatic N) is 1. The molecule has 0 saturated carbocycles. The highest BCUT2D eigenvalue weighted by atomic mass is 35.5. The van der Waals surface area contributed by atoms with Crippen LogP contribution in [0, 0.1) is 12.7 Å². The molecule has 0 aromatic heterocycles. The van der Waals surface area contributed by atoms with E-state index in [-0.39, 0.29) is 24.6 Å². The van der Waals surface area contributed by atoms with Crippen molar-refractivity contribution in [2.75, 3.05) is 26.2 Å². The Morgan fingerprint density at radius 3 is 2.45 bits per heavy atom. The number of piperazine rings is 1. The Labute approximate surface area is 123 Å². The summed E-state index contributed by atoms with van der Waals surface area (Å²) in [5, 5.41) is 3.19. The highest BCUT2D eigenvalue weighted by molar-refractivity contribution is 5.85. The number of hydrogen-bond donors (Lipinski definition) is 1. The number of nitrogens with one attached hydrogen (secondary N) is 1. The fourth-order valence-corrected chi connectivity index (χ4v) is 2.47. The van der Waals surface area contributed by atoms with E-state index in [1.807, 2.05) is 4.90 Å². The topological polar surface area (TPSA) is 15.3 Å². The Morgan fingerprint density at radius 2 is 1.90 bits per heavy atom. The van der Waals surface area contributed by atoms with Crippen LogP contribution in [0.2, 0.25) is 0 Å². The zero-order valence-corrected chi connectivity index (χ0v) is 12.2. The van der Waals surface area contributed by atoms with Gasteiger partial charge in [-0.25, -0.2) is 13.2 Å². The molecule has 0 radical (unpaired) electrons. The molecule has 1 atom stereocenters. The minimum atomic E-state index is -2.38. The Bertz CT molecular complexity index is 423. The third-order valence-electron chi connectivity index (χ3n) is 3.57. The van der Waals surface area contributed by atoms with Crippen molar-refractivity contribution in [3.05, 3.63) is 35.1 Å². The quantitative estimate of drug-likeness (QED) is 0.919. The van der Waals surface area contributed by atoms with E-state index in [0.717, 1.165) is 13.1 Å². The molecule has 0 bridgehead atoms. The minimum absolute atomic E-state index is 0. The van der Waals surface area contributed by atoms with Crippen molar-refractivity contribution >= 4 is 12.4 Å². The minimum Gasteiger partial charge on any atom is -0.314 e. The summed E-state index contributed by atoms with van der Waals surface area (Å²) < 4.78 is 39.2. The van der Waals surface area contributed by atoms with Crippen LogP contribution in [0.15, 0.2) is 18.2 Å². The summed E-state index contributed by atoms with van der Waals surface area (Å²) >= 11 is 0. The Hall–Kier alpha value is -0.780. The van der Waals surface area contributed by atoms with Crippen LogP contribution in [-0.2, 0) is 0 Å². The van der Waals surface area contributed by atoms with Crippen LogP contribution in [0.4, 0.5) is 13.2 Å². The Balaban J connectivity index is 0.00000200. The molecule has 1 heterocycles. The normalized spacial score (nSPS) is 17.9. The monoisotopic (exact) mass is 308 g/mol. The summed E-state index contributed by atoms with van der Waals surface area (Å²) in [6, 6.07) is 4.40. The zero-order valence-electron chi connectivity index (χ0n) is 11.4. The summed E-state index contributed by atoms with van der Waals surface area (Å²) in [5.74, 6) is -0.327. The molecule has 1 aliphatic rings. The average Bonchev–Trinajstić information content (AvgIpc) is 2.40. The molecule has 2 rings (SSSR count). The van der Waals surface area contributed by atoms with Crippen molar-refractivity contribution in [3.8, 4) is 0 Å². The second-order valence-electron chi connectivity index (χ2n) is 4.94. The van der Waals surface area contributed by atoms with Crippen molar-refractivity contribution < 1.29 is 13.2 Å². The number of hydrogen-bond acceptors (Lipinski definition) is 2. The van der Waals surface area contributed by atoms with E-state index in [0.29, 0.717) is 24.2 Å². The lowest BCUT2D eigenvalue weighted by Gasteiger charge is -2.35. The van der Waals surface area contributed by atoms with E-state index in [1.165, 1.54) is 6.07 Å². The zero-order chi connectivity index (χ0) is 13.8. The lowest BCUT2D eigenvalue weighted by Crippen LogP contribution is -2.45. The fourth-order valence-electron chi connectivity index (χ4n) is 2.47. The molecular weight excluding hydrogens is 289 g/mol. The second kappa shape index (κ2) is 7.86. The van der Waals surface area contributed by atoms with Crippen LogP contribution in [0.3, 0.4) is 0 Å². The number of rotatable bonds is 4. The summed E-state index contributed by atoms with van der Waals surface area (Å²) in [6.45, 7) is 4.67. The molecule has 0 amide bonds. The summed E-state index contributed by atoms with van der Waals surface area (Å²) in [7, 11) is 0. The average molecular weight is 309 g/mol. The van der Waals surface area contributed by atoms with E-state index in [1.54, 1.807) is 19.1 Å². The first kappa shape index (κ1) is 17.3.